The topological polar surface area (TPSA) is 75.7 Å². The molecule has 0 unspecified atom stereocenters. The molecule has 26 heavy (non-hydrogen) atoms. The molecule has 0 aromatic heterocycles. The Morgan fingerprint density at radius 2 is 1.81 bits per heavy atom. The van der Waals surface area contributed by atoms with Crippen LogP contribution in [-0.2, 0) is 20.8 Å². The van der Waals surface area contributed by atoms with Crippen LogP contribution in [-0.4, -0.2) is 22.3 Å². The number of phenolic OH excluding ortho intramolecular Hbond substituents is 1. The van der Waals surface area contributed by atoms with E-state index in [1.165, 1.54) is 18.3 Å². The van der Waals surface area contributed by atoms with E-state index in [0.717, 1.165) is 18.4 Å². The van der Waals surface area contributed by atoms with Crippen molar-refractivity contribution in [1.82, 2.24) is 0 Å². The van der Waals surface area contributed by atoms with Crippen LogP contribution in [0.5, 0.6) is 5.75 Å². The minimum atomic E-state index is -0.826. The number of nitrogens with zero attached hydrogens (tertiary/aromatic N) is 2. The number of non-ortho nitro benzene ring substituents is 1. The summed E-state index contributed by atoms with van der Waals surface area (Å²) >= 11 is -0.826. The summed E-state index contributed by atoms with van der Waals surface area (Å²) in [6.07, 6.45) is 3.30. The number of hydrogen-bond acceptors (Lipinski definition) is 4. The van der Waals surface area contributed by atoms with Gasteiger partial charge in [-0.2, -0.15) is 0 Å². The molecule has 0 saturated carbocycles. The predicted octanol–water partition coefficient (Wildman–Crippen LogP) is 5.95. The van der Waals surface area contributed by atoms with E-state index in [2.05, 4.69) is 4.99 Å². The first-order chi connectivity index (χ1) is 12.5. The van der Waals surface area contributed by atoms with Crippen LogP contribution in [0.15, 0.2) is 47.5 Å². The number of nitro benzene ring substituents is 1. The number of rotatable bonds is 6. The molecule has 0 atom stereocenters. The molecule has 1 N–H and O–H groups in total. The molecule has 0 amide bonds. The van der Waals surface area contributed by atoms with Gasteiger partial charge in [-0.3, -0.25) is 15.1 Å². The van der Waals surface area contributed by atoms with Gasteiger partial charge in [-0.05, 0) is 18.4 Å². The van der Waals surface area contributed by atoms with Crippen LogP contribution < -0.4 is 0 Å². The van der Waals surface area contributed by atoms with Gasteiger partial charge in [0.05, 0.1) is 4.92 Å². The molecule has 0 radical (unpaired) electrons. The van der Waals surface area contributed by atoms with E-state index in [1.807, 2.05) is 32.0 Å². The molecule has 0 bridgehead atoms. The van der Waals surface area contributed by atoms with Crippen molar-refractivity contribution < 1.29 is 30.9 Å². The summed E-state index contributed by atoms with van der Waals surface area (Å²) in [4.78, 5) is 15.1. The van der Waals surface area contributed by atoms with E-state index in [-0.39, 0.29) is 17.5 Å². The summed E-state index contributed by atoms with van der Waals surface area (Å²) in [5.41, 5.74) is 1.47. The average molecular weight is 474 g/mol. The third kappa shape index (κ3) is 6.82. The molecule has 0 aliphatic rings. The monoisotopic (exact) mass is 472 g/mol. The van der Waals surface area contributed by atoms with E-state index in [0.29, 0.717) is 11.1 Å². The fourth-order valence-electron chi connectivity index (χ4n) is 2.37. The summed E-state index contributed by atoms with van der Waals surface area (Å²) in [7, 11) is 9.87. The zero-order valence-corrected chi connectivity index (χ0v) is 18.5. The summed E-state index contributed by atoms with van der Waals surface area (Å²) in [5.74, 6) is 0.0107. The fourth-order valence-corrected chi connectivity index (χ4v) is 2.37. The van der Waals surface area contributed by atoms with Crippen LogP contribution in [0.25, 0.3) is 11.1 Å². The van der Waals surface area contributed by atoms with Gasteiger partial charge in [0.15, 0.2) is 0 Å². The Morgan fingerprint density at radius 1 is 1.23 bits per heavy atom. The van der Waals surface area contributed by atoms with Crippen molar-refractivity contribution in [2.75, 3.05) is 0 Å². The molecule has 2 aromatic carbocycles. The number of aromatic hydroxyl groups is 1. The molecule has 0 saturated heterocycles. The van der Waals surface area contributed by atoms with Crippen molar-refractivity contribution in [3.8, 4) is 16.9 Å². The Labute approximate surface area is 171 Å². The van der Waals surface area contributed by atoms with Crippen LogP contribution >= 0.6 is 17.0 Å². The normalized spacial score (nSPS) is 10.5. The van der Waals surface area contributed by atoms with Crippen molar-refractivity contribution in [2.45, 2.75) is 32.7 Å². The molecular formula is C18H20Cl2N2O3Zr. The van der Waals surface area contributed by atoms with Crippen LogP contribution in [0.2, 0.25) is 0 Å². The Bertz CT molecular complexity index is 739. The van der Waals surface area contributed by atoms with Gasteiger partial charge in [0.1, 0.15) is 5.75 Å². The number of phenols is 1. The standard InChI is InChI=1S/C18H20N2O3.2ClH.Zr/c1-3-15(4-2)19-12-14-10-16(20(22)23)11-17(18(14)21)13-8-6-5-7-9-13;;;/h5-12,15,21H,3-4H2,1-2H3;2*1H;/q;;;+2/p-2. The maximum absolute atomic E-state index is 11.2. The SMILES string of the molecule is CCC(CC)N=Cc1cc([N+](=O)[O-])cc(-c2ccccc2)c1O.[Cl][Zr][Cl]. The van der Waals surface area contributed by atoms with Gasteiger partial charge in [0.25, 0.3) is 5.69 Å². The van der Waals surface area contributed by atoms with Gasteiger partial charge in [0, 0.05) is 35.5 Å². The maximum atomic E-state index is 11.2. The van der Waals surface area contributed by atoms with E-state index in [9.17, 15) is 15.2 Å². The molecule has 0 aliphatic carbocycles. The minimum absolute atomic E-state index is 0.0107. The van der Waals surface area contributed by atoms with E-state index in [1.54, 1.807) is 12.1 Å². The zero-order chi connectivity index (χ0) is 19.5. The fraction of sp³-hybridized carbons (Fsp3) is 0.278. The zero-order valence-electron chi connectivity index (χ0n) is 14.5. The van der Waals surface area contributed by atoms with Crippen molar-refractivity contribution in [1.29, 1.82) is 0 Å². The van der Waals surface area contributed by atoms with Crippen molar-refractivity contribution in [3.05, 3.63) is 58.1 Å². The Hall–Kier alpha value is -1.23. The molecule has 2 aromatic rings. The second kappa shape index (κ2) is 12.2. The van der Waals surface area contributed by atoms with E-state index in [4.69, 9.17) is 17.0 Å². The molecule has 138 valence electrons. The Morgan fingerprint density at radius 3 is 2.31 bits per heavy atom. The third-order valence-corrected chi connectivity index (χ3v) is 3.79. The number of aliphatic imine (C=N–C) groups is 1. The van der Waals surface area contributed by atoms with Crippen LogP contribution in [0.4, 0.5) is 5.69 Å². The molecule has 8 heteroatoms. The van der Waals surface area contributed by atoms with Gasteiger partial charge in [0.2, 0.25) is 0 Å². The van der Waals surface area contributed by atoms with Gasteiger partial charge in [-0.15, -0.1) is 0 Å². The van der Waals surface area contributed by atoms with Crippen LogP contribution in [0.3, 0.4) is 0 Å². The number of nitro groups is 1. The first-order valence-electron chi connectivity index (χ1n) is 8.04. The molecule has 0 spiro atoms. The number of benzene rings is 2. The van der Waals surface area contributed by atoms with Gasteiger partial charge in [-0.1, -0.05) is 44.2 Å². The van der Waals surface area contributed by atoms with Crippen molar-refractivity contribution in [2.24, 2.45) is 4.99 Å². The van der Waals surface area contributed by atoms with E-state index < -0.39 is 25.8 Å². The van der Waals surface area contributed by atoms with E-state index >= 15 is 0 Å². The number of halogens is 2. The van der Waals surface area contributed by atoms with Gasteiger partial charge < -0.3 is 5.11 Å². The summed E-state index contributed by atoms with van der Waals surface area (Å²) in [5, 5.41) is 21.7. The Kier molecular flexibility index (Phi) is 10.7. The second-order valence-electron chi connectivity index (χ2n) is 5.37. The quantitative estimate of drug-likeness (QED) is 0.319. The molecule has 5 nitrogen and oxygen atoms in total. The van der Waals surface area contributed by atoms with Crippen LogP contribution in [0, 0.1) is 10.1 Å². The molecule has 0 fully saturated rings. The molecule has 0 aliphatic heterocycles. The Balaban J connectivity index is 0.00000105. The average Bonchev–Trinajstić information content (AvgIpc) is 2.65. The van der Waals surface area contributed by atoms with Gasteiger partial charge >= 0.3 is 37.9 Å². The van der Waals surface area contributed by atoms with Crippen LogP contribution in [0.1, 0.15) is 32.3 Å². The summed E-state index contributed by atoms with van der Waals surface area (Å²) < 4.78 is 0. The second-order valence-corrected chi connectivity index (χ2v) is 9.11. The third-order valence-electron chi connectivity index (χ3n) is 3.79. The van der Waals surface area contributed by atoms with Gasteiger partial charge in [-0.25, -0.2) is 0 Å². The first kappa shape index (κ1) is 22.8. The van der Waals surface area contributed by atoms with Crippen molar-refractivity contribution in [3.63, 3.8) is 0 Å². The van der Waals surface area contributed by atoms with Crippen molar-refractivity contribution >= 4 is 28.9 Å². The molecule has 2 rings (SSSR count). The summed E-state index contributed by atoms with van der Waals surface area (Å²) in [6.45, 7) is 4.07. The number of hydrogen-bond donors (Lipinski definition) is 1. The molecule has 0 heterocycles. The predicted molar refractivity (Wildman–Crippen MR) is 104 cm³/mol. The first-order valence-corrected chi connectivity index (χ1v) is 14.4. The molecular weight excluding hydrogens is 454 g/mol. The summed E-state index contributed by atoms with van der Waals surface area (Å²) in [6, 6.07) is 12.0.